The average molecular weight is 246 g/mol. The normalized spacial score (nSPS) is 15.3. The molecule has 96 valence electrons. The van der Waals surface area contributed by atoms with Gasteiger partial charge in [-0.25, -0.2) is 0 Å². The van der Waals surface area contributed by atoms with E-state index in [2.05, 4.69) is 5.32 Å². The number of anilines is 1. The number of hydrogen-bond acceptors (Lipinski definition) is 2. The summed E-state index contributed by atoms with van der Waals surface area (Å²) in [4.78, 5) is 25.1. The van der Waals surface area contributed by atoms with Gasteiger partial charge in [0, 0.05) is 31.3 Å². The number of piperidine rings is 1. The molecule has 4 nitrogen and oxygen atoms in total. The number of carbonyl (C=O) groups excluding carboxylic acids is 2. The van der Waals surface area contributed by atoms with Gasteiger partial charge >= 0.3 is 0 Å². The Morgan fingerprint density at radius 3 is 2.56 bits per heavy atom. The van der Waals surface area contributed by atoms with Crippen LogP contribution >= 0.6 is 0 Å². The molecular formula is C14H18N2O2. The van der Waals surface area contributed by atoms with Crippen molar-refractivity contribution in [3.05, 3.63) is 29.8 Å². The number of hydrogen-bond donors (Lipinski definition) is 1. The number of rotatable bonds is 2. The largest absolute Gasteiger partial charge is 0.339 e. The zero-order valence-corrected chi connectivity index (χ0v) is 10.6. The Bertz CT molecular complexity index is 451. The van der Waals surface area contributed by atoms with E-state index in [9.17, 15) is 9.59 Å². The Morgan fingerprint density at radius 2 is 1.89 bits per heavy atom. The lowest BCUT2D eigenvalue weighted by molar-refractivity contribution is -0.114. The van der Waals surface area contributed by atoms with Gasteiger partial charge in [-0.2, -0.15) is 0 Å². The van der Waals surface area contributed by atoms with Crippen LogP contribution in [-0.2, 0) is 4.79 Å². The van der Waals surface area contributed by atoms with E-state index in [1.807, 2.05) is 4.90 Å². The van der Waals surface area contributed by atoms with Gasteiger partial charge in [-0.05, 0) is 37.5 Å². The highest BCUT2D eigenvalue weighted by Gasteiger charge is 2.18. The second-order valence-corrected chi connectivity index (χ2v) is 4.61. The minimum atomic E-state index is -0.127. The maximum atomic E-state index is 12.3. The van der Waals surface area contributed by atoms with Gasteiger partial charge in [0.05, 0.1) is 0 Å². The first-order valence-corrected chi connectivity index (χ1v) is 6.34. The second kappa shape index (κ2) is 5.67. The van der Waals surface area contributed by atoms with E-state index in [1.54, 1.807) is 24.3 Å². The fourth-order valence-electron chi connectivity index (χ4n) is 2.21. The molecule has 0 bridgehead atoms. The topological polar surface area (TPSA) is 49.4 Å². The molecule has 0 aliphatic carbocycles. The number of carbonyl (C=O) groups is 2. The summed E-state index contributed by atoms with van der Waals surface area (Å²) in [6, 6.07) is 7.11. The van der Waals surface area contributed by atoms with Crippen LogP contribution in [0.3, 0.4) is 0 Å². The van der Waals surface area contributed by atoms with Gasteiger partial charge in [0.2, 0.25) is 5.91 Å². The molecule has 18 heavy (non-hydrogen) atoms. The van der Waals surface area contributed by atoms with Crippen LogP contribution in [0.4, 0.5) is 5.69 Å². The van der Waals surface area contributed by atoms with Gasteiger partial charge in [0.1, 0.15) is 0 Å². The van der Waals surface area contributed by atoms with Crippen LogP contribution in [0.25, 0.3) is 0 Å². The molecule has 1 aliphatic heterocycles. The van der Waals surface area contributed by atoms with Crippen LogP contribution in [0, 0.1) is 0 Å². The summed E-state index contributed by atoms with van der Waals surface area (Å²) in [5.41, 5.74) is 1.31. The molecule has 1 N–H and O–H groups in total. The molecule has 0 unspecified atom stereocenters. The Kier molecular flexibility index (Phi) is 3.97. The van der Waals surface area contributed by atoms with Gasteiger partial charge in [-0.15, -0.1) is 0 Å². The lowest BCUT2D eigenvalue weighted by atomic mass is 10.1. The minimum Gasteiger partial charge on any atom is -0.339 e. The summed E-state index contributed by atoms with van der Waals surface area (Å²) in [5.74, 6) is -0.0699. The SMILES string of the molecule is CC(=O)Nc1cccc(C(=O)N2CCCCC2)c1. The summed E-state index contributed by atoms with van der Waals surface area (Å²) in [7, 11) is 0. The highest BCUT2D eigenvalue weighted by Crippen LogP contribution is 2.16. The predicted octanol–water partition coefficient (Wildman–Crippen LogP) is 2.27. The van der Waals surface area contributed by atoms with Gasteiger partial charge < -0.3 is 10.2 Å². The molecule has 1 fully saturated rings. The highest BCUT2D eigenvalue weighted by molar-refractivity contribution is 5.96. The van der Waals surface area contributed by atoms with Crippen LogP contribution in [0.1, 0.15) is 36.5 Å². The van der Waals surface area contributed by atoms with Crippen molar-refractivity contribution < 1.29 is 9.59 Å². The lowest BCUT2D eigenvalue weighted by Crippen LogP contribution is -2.35. The van der Waals surface area contributed by atoms with Crippen LogP contribution in [0.2, 0.25) is 0 Å². The molecule has 2 amide bonds. The summed E-state index contributed by atoms with van der Waals surface area (Å²) in [6.07, 6.45) is 3.37. The molecular weight excluding hydrogens is 228 g/mol. The van der Waals surface area contributed by atoms with Crippen molar-refractivity contribution in [1.29, 1.82) is 0 Å². The number of benzene rings is 1. The van der Waals surface area contributed by atoms with E-state index in [4.69, 9.17) is 0 Å². The quantitative estimate of drug-likeness (QED) is 0.870. The molecule has 1 heterocycles. The van der Waals surface area contributed by atoms with Gasteiger partial charge in [-0.1, -0.05) is 6.07 Å². The van der Waals surface area contributed by atoms with Crippen LogP contribution < -0.4 is 5.32 Å². The first-order valence-electron chi connectivity index (χ1n) is 6.34. The van der Waals surface area contributed by atoms with E-state index < -0.39 is 0 Å². The second-order valence-electron chi connectivity index (χ2n) is 4.61. The molecule has 0 saturated carbocycles. The molecule has 0 aromatic heterocycles. The summed E-state index contributed by atoms with van der Waals surface area (Å²) in [5, 5.41) is 2.69. The van der Waals surface area contributed by atoms with Crippen molar-refractivity contribution >= 4 is 17.5 Å². The molecule has 0 radical (unpaired) electrons. The third-order valence-electron chi connectivity index (χ3n) is 3.07. The Morgan fingerprint density at radius 1 is 1.17 bits per heavy atom. The van der Waals surface area contributed by atoms with E-state index >= 15 is 0 Å². The molecule has 1 aromatic carbocycles. The highest BCUT2D eigenvalue weighted by atomic mass is 16.2. The van der Waals surface area contributed by atoms with Crippen LogP contribution in [-0.4, -0.2) is 29.8 Å². The monoisotopic (exact) mass is 246 g/mol. The number of nitrogens with one attached hydrogen (secondary N) is 1. The summed E-state index contributed by atoms with van der Waals surface area (Å²) >= 11 is 0. The number of amides is 2. The Labute approximate surface area is 107 Å². The van der Waals surface area contributed by atoms with Crippen molar-refractivity contribution in [2.75, 3.05) is 18.4 Å². The van der Waals surface area contributed by atoms with E-state index in [-0.39, 0.29) is 11.8 Å². The van der Waals surface area contributed by atoms with Crippen molar-refractivity contribution in [2.24, 2.45) is 0 Å². The minimum absolute atomic E-state index is 0.0573. The van der Waals surface area contributed by atoms with E-state index in [0.29, 0.717) is 11.3 Å². The molecule has 1 aliphatic rings. The first kappa shape index (κ1) is 12.6. The van der Waals surface area contributed by atoms with Gasteiger partial charge in [0.25, 0.3) is 5.91 Å². The van der Waals surface area contributed by atoms with Crippen molar-refractivity contribution in [3.8, 4) is 0 Å². The zero-order chi connectivity index (χ0) is 13.0. The number of nitrogens with zero attached hydrogens (tertiary/aromatic N) is 1. The maximum absolute atomic E-state index is 12.3. The van der Waals surface area contributed by atoms with E-state index in [0.717, 1.165) is 25.9 Å². The summed E-state index contributed by atoms with van der Waals surface area (Å²) in [6.45, 7) is 3.13. The third kappa shape index (κ3) is 3.09. The molecule has 0 atom stereocenters. The van der Waals surface area contributed by atoms with Crippen molar-refractivity contribution in [3.63, 3.8) is 0 Å². The van der Waals surface area contributed by atoms with Crippen LogP contribution in [0.5, 0.6) is 0 Å². The number of likely N-dealkylation sites (tertiary alicyclic amines) is 1. The average Bonchev–Trinajstić information content (AvgIpc) is 2.38. The van der Waals surface area contributed by atoms with Crippen molar-refractivity contribution in [1.82, 2.24) is 4.90 Å². The molecule has 0 spiro atoms. The Balaban J connectivity index is 2.11. The lowest BCUT2D eigenvalue weighted by Gasteiger charge is -2.26. The van der Waals surface area contributed by atoms with Crippen LogP contribution in [0.15, 0.2) is 24.3 Å². The van der Waals surface area contributed by atoms with E-state index in [1.165, 1.54) is 13.3 Å². The molecule has 1 aromatic rings. The van der Waals surface area contributed by atoms with Gasteiger partial charge in [-0.3, -0.25) is 9.59 Å². The predicted molar refractivity (Wildman–Crippen MR) is 70.5 cm³/mol. The maximum Gasteiger partial charge on any atom is 0.253 e. The third-order valence-corrected chi connectivity index (χ3v) is 3.07. The van der Waals surface area contributed by atoms with Crippen molar-refractivity contribution in [2.45, 2.75) is 26.2 Å². The Hall–Kier alpha value is -1.84. The molecule has 1 saturated heterocycles. The fraction of sp³-hybridized carbons (Fsp3) is 0.429. The zero-order valence-electron chi connectivity index (χ0n) is 10.6. The summed E-state index contributed by atoms with van der Waals surface area (Å²) < 4.78 is 0. The smallest absolute Gasteiger partial charge is 0.253 e. The molecule has 2 rings (SSSR count). The first-order chi connectivity index (χ1) is 8.66. The fourth-order valence-corrected chi connectivity index (χ4v) is 2.21. The standard InChI is InChI=1S/C14H18N2O2/c1-11(17)15-13-7-5-6-12(10-13)14(18)16-8-3-2-4-9-16/h5-7,10H,2-4,8-9H2,1H3,(H,15,17). The molecule has 4 heteroatoms. The van der Waals surface area contributed by atoms with Gasteiger partial charge in [0.15, 0.2) is 0 Å².